The summed E-state index contributed by atoms with van der Waals surface area (Å²) in [6.45, 7) is 35.0. The van der Waals surface area contributed by atoms with Crippen molar-refractivity contribution in [3.63, 3.8) is 0 Å². The van der Waals surface area contributed by atoms with Gasteiger partial charge in [-0.3, -0.25) is 0 Å². The first-order chi connectivity index (χ1) is 27.4. The van der Waals surface area contributed by atoms with Crippen molar-refractivity contribution in [2.45, 2.75) is 131 Å². The smallest absolute Gasteiger partial charge is 0.252 e. The molecule has 0 aliphatic carbocycles. The average molecular weight is 777 g/mol. The summed E-state index contributed by atoms with van der Waals surface area (Å²) in [5.41, 5.74) is 20.6. The van der Waals surface area contributed by atoms with Crippen LogP contribution in [0.2, 0.25) is 0 Å². The third-order valence-corrected chi connectivity index (χ3v) is 12.8. The Hall–Kier alpha value is -5.02. The minimum Gasteiger partial charge on any atom is -0.311 e. The number of fused-ring (bicyclic) bond motifs is 4. The van der Waals surface area contributed by atoms with Gasteiger partial charge in [-0.1, -0.05) is 177 Å². The Labute approximate surface area is 356 Å². The Balaban J connectivity index is 1.53. The van der Waals surface area contributed by atoms with E-state index < -0.39 is 0 Å². The van der Waals surface area contributed by atoms with Crippen LogP contribution < -0.4 is 26.2 Å². The van der Waals surface area contributed by atoms with E-state index in [9.17, 15) is 0 Å². The van der Waals surface area contributed by atoms with Crippen LogP contribution in [0.25, 0.3) is 11.1 Å². The molecule has 0 saturated carbocycles. The van der Waals surface area contributed by atoms with Gasteiger partial charge in [-0.25, -0.2) is 0 Å². The van der Waals surface area contributed by atoms with Crippen molar-refractivity contribution < 1.29 is 0 Å². The minimum absolute atomic E-state index is 0.00258. The lowest BCUT2D eigenvalue weighted by molar-refractivity contribution is 0.589. The summed E-state index contributed by atoms with van der Waals surface area (Å²) in [6, 6.07) is 47.3. The zero-order valence-corrected chi connectivity index (χ0v) is 38.5. The summed E-state index contributed by atoms with van der Waals surface area (Å²) < 4.78 is 0. The van der Waals surface area contributed by atoms with Crippen molar-refractivity contribution in [3.8, 4) is 11.1 Å². The maximum atomic E-state index is 2.63. The summed E-state index contributed by atoms with van der Waals surface area (Å²) in [5, 5.41) is 0. The fourth-order valence-electron chi connectivity index (χ4n) is 9.07. The molecule has 59 heavy (non-hydrogen) atoms. The van der Waals surface area contributed by atoms with E-state index in [4.69, 9.17) is 0 Å². The van der Waals surface area contributed by atoms with Gasteiger partial charge in [0.25, 0.3) is 6.71 Å². The summed E-state index contributed by atoms with van der Waals surface area (Å²) in [6.07, 6.45) is 0. The zero-order valence-electron chi connectivity index (χ0n) is 38.5. The first kappa shape index (κ1) is 40.8. The Morgan fingerprint density at radius 2 is 0.746 bits per heavy atom. The molecule has 0 spiro atoms. The van der Waals surface area contributed by atoms with Crippen LogP contribution in [-0.2, 0) is 27.1 Å². The first-order valence-corrected chi connectivity index (χ1v) is 21.8. The molecule has 2 aliphatic heterocycles. The number of benzene rings is 6. The number of anilines is 6. The van der Waals surface area contributed by atoms with Crippen molar-refractivity contribution in [1.82, 2.24) is 0 Å². The maximum absolute atomic E-state index is 2.63. The van der Waals surface area contributed by atoms with E-state index in [0.29, 0.717) is 0 Å². The highest BCUT2D eigenvalue weighted by molar-refractivity contribution is 7.00. The van der Waals surface area contributed by atoms with Gasteiger partial charge in [0.15, 0.2) is 0 Å². The molecule has 8 rings (SSSR count). The fraction of sp³-hybridized carbons (Fsp3) is 0.357. The summed E-state index contributed by atoms with van der Waals surface area (Å²) in [5.74, 6) is 0. The normalized spacial score (nSPS) is 14.3. The molecule has 2 aliphatic rings. The van der Waals surface area contributed by atoms with Crippen LogP contribution in [0.4, 0.5) is 34.1 Å². The SMILES string of the molecule is CC(C)(C)c1ccc(N2c3ccc(C(C)(C)C)cc3B3c4cc(C(C)(C)C)ccc4N(c4ccc(C(C)(C)C)cc4-c4ccccc4)c4cc(C(C)(C)C)cc2c43)cc1. The second-order valence-corrected chi connectivity index (χ2v) is 22.5. The van der Waals surface area contributed by atoms with E-state index in [-0.39, 0.29) is 33.8 Å². The lowest BCUT2D eigenvalue weighted by Crippen LogP contribution is -2.62. The second kappa shape index (κ2) is 13.8. The summed E-state index contributed by atoms with van der Waals surface area (Å²) >= 11 is 0. The lowest BCUT2D eigenvalue weighted by Gasteiger charge is -2.46. The highest BCUT2D eigenvalue weighted by Crippen LogP contribution is 2.49. The molecule has 0 atom stereocenters. The van der Waals surface area contributed by atoms with Gasteiger partial charge in [0, 0.05) is 34.0 Å². The number of nitrogens with zero attached hydrogens (tertiary/aromatic N) is 2. The highest BCUT2D eigenvalue weighted by atomic mass is 15.2. The van der Waals surface area contributed by atoms with Gasteiger partial charge in [0.05, 0.1) is 5.69 Å². The van der Waals surface area contributed by atoms with Crippen molar-refractivity contribution in [3.05, 3.63) is 149 Å². The van der Waals surface area contributed by atoms with Gasteiger partial charge in [-0.05, 0) is 125 Å². The maximum Gasteiger partial charge on any atom is 0.252 e. The zero-order chi connectivity index (χ0) is 42.6. The molecule has 302 valence electrons. The van der Waals surface area contributed by atoms with Gasteiger partial charge in [0.1, 0.15) is 0 Å². The van der Waals surface area contributed by atoms with Crippen LogP contribution in [0.15, 0.2) is 121 Å². The molecule has 2 nitrogen and oxygen atoms in total. The van der Waals surface area contributed by atoms with E-state index in [1.54, 1.807) is 0 Å². The van der Waals surface area contributed by atoms with Gasteiger partial charge < -0.3 is 9.80 Å². The highest BCUT2D eigenvalue weighted by Gasteiger charge is 2.45. The second-order valence-electron chi connectivity index (χ2n) is 22.5. The fourth-order valence-corrected chi connectivity index (χ4v) is 9.07. The van der Waals surface area contributed by atoms with Crippen molar-refractivity contribution in [2.24, 2.45) is 0 Å². The molecule has 0 fully saturated rings. The summed E-state index contributed by atoms with van der Waals surface area (Å²) in [4.78, 5) is 5.21. The molecule has 0 radical (unpaired) electrons. The topological polar surface area (TPSA) is 6.48 Å². The molecular formula is C56H65BN2. The van der Waals surface area contributed by atoms with Gasteiger partial charge >= 0.3 is 0 Å². The molecule has 0 saturated heterocycles. The van der Waals surface area contributed by atoms with Crippen molar-refractivity contribution in [1.29, 1.82) is 0 Å². The van der Waals surface area contributed by atoms with E-state index in [0.717, 1.165) is 0 Å². The molecule has 0 bridgehead atoms. The van der Waals surface area contributed by atoms with Crippen LogP contribution >= 0.6 is 0 Å². The number of hydrogen-bond donors (Lipinski definition) is 0. The van der Waals surface area contributed by atoms with Crippen LogP contribution in [0.5, 0.6) is 0 Å². The molecule has 6 aromatic rings. The largest absolute Gasteiger partial charge is 0.311 e. The van der Waals surface area contributed by atoms with Crippen molar-refractivity contribution in [2.75, 3.05) is 9.80 Å². The van der Waals surface area contributed by atoms with Crippen LogP contribution in [0.3, 0.4) is 0 Å². The third kappa shape index (κ3) is 7.23. The van der Waals surface area contributed by atoms with Crippen LogP contribution in [0.1, 0.15) is 132 Å². The molecule has 2 heterocycles. The molecule has 6 aromatic carbocycles. The molecule has 3 heteroatoms. The standard InChI is InChI=1S/C56H65BN2/c1-52(2,3)37-21-26-42(27-22-37)58-47-29-24-39(54(7,8)9)32-44(47)57-45-33-40(55(10,11)12)25-30-48(45)59(50-35-41(56(13,14)15)34-49(58)51(50)57)46-28-23-38(53(4,5)6)31-43(46)36-19-17-16-18-20-36/h16-35H,1-15H3. The lowest BCUT2D eigenvalue weighted by atomic mass is 9.33. The van der Waals surface area contributed by atoms with E-state index in [1.807, 2.05) is 0 Å². The predicted molar refractivity (Wildman–Crippen MR) is 259 cm³/mol. The molecule has 0 aromatic heterocycles. The third-order valence-electron chi connectivity index (χ3n) is 12.8. The number of rotatable bonds is 3. The Kier molecular flexibility index (Phi) is 9.51. The monoisotopic (exact) mass is 777 g/mol. The van der Waals surface area contributed by atoms with Crippen LogP contribution in [-0.4, -0.2) is 6.71 Å². The van der Waals surface area contributed by atoms with Gasteiger partial charge in [0.2, 0.25) is 0 Å². The minimum atomic E-state index is -0.0977. The molecule has 0 amide bonds. The number of hydrogen-bond acceptors (Lipinski definition) is 2. The molecular weight excluding hydrogens is 711 g/mol. The Bertz CT molecular complexity index is 2560. The Morgan fingerprint density at radius 3 is 1.22 bits per heavy atom. The first-order valence-electron chi connectivity index (χ1n) is 21.8. The molecule has 0 N–H and O–H groups in total. The predicted octanol–water partition coefficient (Wildman–Crippen LogP) is 13.9. The van der Waals surface area contributed by atoms with Gasteiger partial charge in [-0.15, -0.1) is 0 Å². The van der Waals surface area contributed by atoms with Crippen molar-refractivity contribution >= 4 is 57.2 Å². The quantitative estimate of drug-likeness (QED) is 0.165. The molecule has 0 unspecified atom stereocenters. The average Bonchev–Trinajstić information content (AvgIpc) is 3.15. The van der Waals surface area contributed by atoms with E-state index in [1.165, 1.54) is 89.5 Å². The Morgan fingerprint density at radius 1 is 0.339 bits per heavy atom. The van der Waals surface area contributed by atoms with Crippen LogP contribution in [0, 0.1) is 0 Å². The van der Waals surface area contributed by atoms with E-state index in [2.05, 4.69) is 235 Å². The van der Waals surface area contributed by atoms with Gasteiger partial charge in [-0.2, -0.15) is 0 Å². The van der Waals surface area contributed by atoms with E-state index >= 15 is 0 Å². The summed E-state index contributed by atoms with van der Waals surface area (Å²) in [7, 11) is 0.